The molecule has 0 radical (unpaired) electrons. The number of hydrogen-bond donors (Lipinski definition) is 1. The van der Waals surface area contributed by atoms with Crippen LogP contribution in [0.25, 0.3) is 5.69 Å². The first-order valence-corrected chi connectivity index (χ1v) is 9.11. The number of benzene rings is 2. The molecule has 0 atom stereocenters. The van der Waals surface area contributed by atoms with Crippen molar-refractivity contribution >= 4 is 11.7 Å². The standard InChI is InChI=1S/C22H23N3O4/c1-14-20(15(2)25(24-14)17-8-6-5-7-9-17)21(26)22(27)23-13-16-10-11-18(28-3)12-19(16)29-4/h5-12H,13H2,1-4H3,(H,23,27). The van der Waals surface area contributed by atoms with Crippen LogP contribution in [0.15, 0.2) is 48.5 Å². The molecular formula is C22H23N3O4. The number of nitrogens with one attached hydrogen (secondary N) is 1. The maximum Gasteiger partial charge on any atom is 0.292 e. The van der Waals surface area contributed by atoms with E-state index in [1.807, 2.05) is 30.3 Å². The van der Waals surface area contributed by atoms with Crippen LogP contribution in [0.4, 0.5) is 0 Å². The van der Waals surface area contributed by atoms with Gasteiger partial charge in [-0.3, -0.25) is 9.59 Å². The van der Waals surface area contributed by atoms with Crippen LogP contribution in [0.1, 0.15) is 27.3 Å². The van der Waals surface area contributed by atoms with Crippen molar-refractivity contribution in [2.75, 3.05) is 14.2 Å². The van der Waals surface area contributed by atoms with Gasteiger partial charge in [-0.1, -0.05) is 18.2 Å². The van der Waals surface area contributed by atoms with Crippen molar-refractivity contribution < 1.29 is 19.1 Å². The van der Waals surface area contributed by atoms with Gasteiger partial charge in [0.2, 0.25) is 0 Å². The van der Waals surface area contributed by atoms with Gasteiger partial charge in [0.15, 0.2) is 0 Å². The predicted octanol–water partition coefficient (Wildman–Crippen LogP) is 3.01. The molecule has 1 amide bonds. The molecule has 0 spiro atoms. The summed E-state index contributed by atoms with van der Waals surface area (Å²) >= 11 is 0. The quantitative estimate of drug-likeness (QED) is 0.493. The molecule has 2 aromatic carbocycles. The van der Waals surface area contributed by atoms with E-state index in [4.69, 9.17) is 9.47 Å². The number of nitrogens with zero attached hydrogens (tertiary/aromatic N) is 2. The third kappa shape index (κ3) is 4.13. The summed E-state index contributed by atoms with van der Waals surface area (Å²) < 4.78 is 12.2. The molecule has 0 fully saturated rings. The first-order chi connectivity index (χ1) is 14.0. The Kier molecular flexibility index (Phi) is 5.97. The van der Waals surface area contributed by atoms with Crippen LogP contribution in [0.3, 0.4) is 0 Å². The summed E-state index contributed by atoms with van der Waals surface area (Å²) in [6.07, 6.45) is 0. The Morgan fingerprint density at radius 3 is 2.41 bits per heavy atom. The zero-order valence-electron chi connectivity index (χ0n) is 16.9. The third-order valence-corrected chi connectivity index (χ3v) is 4.66. The molecule has 0 saturated carbocycles. The first kappa shape index (κ1) is 20.1. The summed E-state index contributed by atoms with van der Waals surface area (Å²) in [5.74, 6) is -0.0923. The minimum absolute atomic E-state index is 0.155. The zero-order valence-corrected chi connectivity index (χ0v) is 16.9. The van der Waals surface area contributed by atoms with Gasteiger partial charge < -0.3 is 14.8 Å². The molecule has 29 heavy (non-hydrogen) atoms. The molecule has 7 heteroatoms. The molecule has 0 bridgehead atoms. The number of rotatable bonds is 7. The van der Waals surface area contributed by atoms with Gasteiger partial charge in [0.05, 0.1) is 36.9 Å². The van der Waals surface area contributed by atoms with Crippen LogP contribution in [-0.2, 0) is 11.3 Å². The molecular weight excluding hydrogens is 370 g/mol. The van der Waals surface area contributed by atoms with Crippen LogP contribution in [-0.4, -0.2) is 35.7 Å². The highest BCUT2D eigenvalue weighted by molar-refractivity contribution is 6.43. The predicted molar refractivity (Wildman–Crippen MR) is 109 cm³/mol. The number of carbonyl (C=O) groups is 2. The lowest BCUT2D eigenvalue weighted by Gasteiger charge is -2.11. The first-order valence-electron chi connectivity index (χ1n) is 9.11. The van der Waals surface area contributed by atoms with Gasteiger partial charge in [-0.05, 0) is 38.1 Å². The van der Waals surface area contributed by atoms with Crippen molar-refractivity contribution in [3.63, 3.8) is 0 Å². The maximum absolute atomic E-state index is 12.8. The van der Waals surface area contributed by atoms with Crippen LogP contribution in [0, 0.1) is 13.8 Å². The lowest BCUT2D eigenvalue weighted by Crippen LogP contribution is -2.31. The molecule has 0 unspecified atom stereocenters. The van der Waals surface area contributed by atoms with E-state index in [2.05, 4.69) is 10.4 Å². The summed E-state index contributed by atoms with van der Waals surface area (Å²) in [6, 6.07) is 14.7. The fourth-order valence-corrected chi connectivity index (χ4v) is 3.16. The smallest absolute Gasteiger partial charge is 0.292 e. The summed E-state index contributed by atoms with van der Waals surface area (Å²) in [5, 5.41) is 7.10. The highest BCUT2D eigenvalue weighted by atomic mass is 16.5. The monoisotopic (exact) mass is 393 g/mol. The Bertz CT molecular complexity index is 1040. The van der Waals surface area contributed by atoms with E-state index < -0.39 is 11.7 Å². The molecule has 1 aromatic heterocycles. The second-order valence-electron chi connectivity index (χ2n) is 6.48. The van der Waals surface area contributed by atoms with Crippen molar-refractivity contribution in [1.29, 1.82) is 0 Å². The van der Waals surface area contributed by atoms with Gasteiger partial charge in [0, 0.05) is 18.2 Å². The fraction of sp³-hybridized carbons (Fsp3) is 0.227. The zero-order chi connectivity index (χ0) is 21.0. The number of Topliss-reactive ketones (excluding diaryl/α,β-unsaturated/α-hetero) is 1. The Balaban J connectivity index is 1.78. The molecule has 3 rings (SSSR count). The van der Waals surface area contributed by atoms with Crippen molar-refractivity contribution in [3.05, 3.63) is 71.0 Å². The Morgan fingerprint density at radius 1 is 1.03 bits per heavy atom. The van der Waals surface area contributed by atoms with E-state index >= 15 is 0 Å². The number of aromatic nitrogens is 2. The highest BCUT2D eigenvalue weighted by Crippen LogP contribution is 2.24. The van der Waals surface area contributed by atoms with Crippen molar-refractivity contribution in [1.82, 2.24) is 15.1 Å². The summed E-state index contributed by atoms with van der Waals surface area (Å²) in [7, 11) is 3.10. The number of aryl methyl sites for hydroxylation is 1. The minimum atomic E-state index is -0.693. The van der Waals surface area contributed by atoms with Gasteiger partial charge in [-0.2, -0.15) is 5.10 Å². The van der Waals surface area contributed by atoms with Crippen LogP contribution in [0.2, 0.25) is 0 Å². The number of amides is 1. The summed E-state index contributed by atoms with van der Waals surface area (Å²) in [5.41, 5.74) is 3.01. The lowest BCUT2D eigenvalue weighted by molar-refractivity contribution is -0.117. The number of carbonyl (C=O) groups excluding carboxylic acids is 2. The lowest BCUT2D eigenvalue weighted by atomic mass is 10.1. The van der Waals surface area contributed by atoms with E-state index in [1.165, 1.54) is 7.11 Å². The SMILES string of the molecule is COc1ccc(CNC(=O)C(=O)c2c(C)nn(-c3ccccc3)c2C)c(OC)c1. The number of para-hydroxylation sites is 1. The molecule has 150 valence electrons. The maximum atomic E-state index is 12.8. The summed E-state index contributed by atoms with van der Waals surface area (Å²) in [4.78, 5) is 25.3. The van der Waals surface area contributed by atoms with E-state index in [0.29, 0.717) is 28.5 Å². The molecule has 0 saturated heterocycles. The minimum Gasteiger partial charge on any atom is -0.497 e. The molecule has 0 aliphatic carbocycles. The largest absolute Gasteiger partial charge is 0.497 e. The Hall–Kier alpha value is -3.61. The van der Waals surface area contributed by atoms with E-state index in [-0.39, 0.29) is 6.54 Å². The van der Waals surface area contributed by atoms with Crippen molar-refractivity contribution in [2.24, 2.45) is 0 Å². The van der Waals surface area contributed by atoms with Crippen LogP contribution in [0.5, 0.6) is 11.5 Å². The van der Waals surface area contributed by atoms with Gasteiger partial charge in [0.1, 0.15) is 11.5 Å². The average Bonchev–Trinajstić information content (AvgIpc) is 3.05. The third-order valence-electron chi connectivity index (χ3n) is 4.66. The van der Waals surface area contributed by atoms with Crippen LogP contribution < -0.4 is 14.8 Å². The van der Waals surface area contributed by atoms with Gasteiger partial charge in [0.25, 0.3) is 11.7 Å². The topological polar surface area (TPSA) is 82.5 Å². The number of methoxy groups -OCH3 is 2. The van der Waals surface area contributed by atoms with E-state index in [0.717, 1.165) is 11.3 Å². The Labute approximate surface area is 169 Å². The molecule has 0 aliphatic rings. The number of ether oxygens (including phenoxy) is 2. The van der Waals surface area contributed by atoms with Crippen molar-refractivity contribution in [2.45, 2.75) is 20.4 Å². The fourth-order valence-electron chi connectivity index (χ4n) is 3.16. The van der Waals surface area contributed by atoms with Gasteiger partial charge >= 0.3 is 0 Å². The van der Waals surface area contributed by atoms with E-state index in [1.54, 1.807) is 43.8 Å². The molecule has 1 N–H and O–H groups in total. The normalized spacial score (nSPS) is 10.5. The van der Waals surface area contributed by atoms with E-state index in [9.17, 15) is 9.59 Å². The molecule has 1 heterocycles. The molecule has 3 aromatic rings. The van der Waals surface area contributed by atoms with Gasteiger partial charge in [-0.25, -0.2) is 4.68 Å². The second kappa shape index (κ2) is 8.60. The van der Waals surface area contributed by atoms with Crippen molar-refractivity contribution in [3.8, 4) is 17.2 Å². The number of ketones is 1. The summed E-state index contributed by atoms with van der Waals surface area (Å²) in [6.45, 7) is 3.65. The second-order valence-corrected chi connectivity index (χ2v) is 6.48. The molecule has 0 aliphatic heterocycles. The molecule has 7 nitrogen and oxygen atoms in total. The Morgan fingerprint density at radius 2 is 1.76 bits per heavy atom. The number of hydrogen-bond acceptors (Lipinski definition) is 5. The average molecular weight is 393 g/mol. The van der Waals surface area contributed by atoms with Gasteiger partial charge in [-0.15, -0.1) is 0 Å². The highest BCUT2D eigenvalue weighted by Gasteiger charge is 2.25. The van der Waals surface area contributed by atoms with Crippen LogP contribution >= 0.6 is 0 Å².